The van der Waals surface area contributed by atoms with Crippen molar-refractivity contribution >= 4 is 29.2 Å². The molecule has 0 saturated carbocycles. The molecule has 0 fully saturated rings. The summed E-state index contributed by atoms with van der Waals surface area (Å²) in [6, 6.07) is 4.13. The first kappa shape index (κ1) is 12.6. The van der Waals surface area contributed by atoms with E-state index in [1.54, 1.807) is 0 Å². The summed E-state index contributed by atoms with van der Waals surface area (Å²) < 4.78 is 9.90. The fraction of sp³-hybridized carbons (Fsp3) is 0.0833. The minimum absolute atomic E-state index is 0.0633. The quantitative estimate of drug-likeness (QED) is 0.819. The first-order valence-electron chi connectivity index (χ1n) is 5.28. The first-order chi connectivity index (χ1) is 9.10. The molecule has 2 N–H and O–H groups in total. The minimum Gasteiger partial charge on any atom is -0.478 e. The number of amides is 1. The van der Waals surface area contributed by atoms with Gasteiger partial charge in [0.25, 0.3) is 0 Å². The number of aromatic carboxylic acids is 1. The normalized spacial score (nSPS) is 10.1. The van der Waals surface area contributed by atoms with Crippen molar-refractivity contribution in [3.63, 3.8) is 0 Å². The Kier molecular flexibility index (Phi) is 3.46. The predicted molar refractivity (Wildman–Crippen MR) is 66.1 cm³/mol. The number of rotatable bonds is 4. The van der Waals surface area contributed by atoms with E-state index in [0.717, 1.165) is 0 Å². The number of aromatic nitrogens is 1. The van der Waals surface area contributed by atoms with E-state index in [0.29, 0.717) is 11.1 Å². The van der Waals surface area contributed by atoms with Gasteiger partial charge in [-0.05, 0) is 18.2 Å². The number of anilines is 1. The van der Waals surface area contributed by atoms with Crippen LogP contribution in [-0.2, 0) is 4.74 Å². The lowest BCUT2D eigenvalue weighted by molar-refractivity contribution is 0.0697. The van der Waals surface area contributed by atoms with Crippen LogP contribution in [0, 0.1) is 0 Å². The van der Waals surface area contributed by atoms with Crippen molar-refractivity contribution in [2.75, 3.05) is 11.9 Å². The van der Waals surface area contributed by atoms with E-state index in [1.807, 2.05) is 0 Å². The molecule has 2 aromatic rings. The van der Waals surface area contributed by atoms with Gasteiger partial charge in [0, 0.05) is 0 Å². The molecule has 7 nitrogen and oxygen atoms in total. The molecule has 0 spiro atoms. The SMILES string of the molecule is C=CCOC(=O)Nc1nc2cc(C(=O)O)ccc2o1. The maximum Gasteiger partial charge on any atom is 0.415 e. The molecule has 0 unspecified atom stereocenters. The Balaban J connectivity index is 2.19. The van der Waals surface area contributed by atoms with Crippen LogP contribution in [0.1, 0.15) is 10.4 Å². The molecule has 1 aromatic carbocycles. The maximum absolute atomic E-state index is 11.2. The maximum atomic E-state index is 11.2. The molecule has 98 valence electrons. The van der Waals surface area contributed by atoms with E-state index in [4.69, 9.17) is 14.3 Å². The molecule has 0 bridgehead atoms. The van der Waals surface area contributed by atoms with E-state index >= 15 is 0 Å². The molecule has 1 amide bonds. The first-order valence-corrected chi connectivity index (χ1v) is 5.28. The van der Waals surface area contributed by atoms with E-state index < -0.39 is 12.1 Å². The Hall–Kier alpha value is -2.83. The summed E-state index contributed by atoms with van der Waals surface area (Å²) in [6.07, 6.45) is 0.690. The van der Waals surface area contributed by atoms with E-state index in [2.05, 4.69) is 16.9 Å². The second-order valence-corrected chi connectivity index (χ2v) is 3.52. The number of nitrogens with zero attached hydrogens (tertiary/aromatic N) is 1. The number of hydrogen-bond donors (Lipinski definition) is 2. The summed E-state index contributed by atoms with van der Waals surface area (Å²) >= 11 is 0. The second-order valence-electron chi connectivity index (χ2n) is 3.52. The van der Waals surface area contributed by atoms with E-state index in [9.17, 15) is 9.59 Å². The van der Waals surface area contributed by atoms with Crippen molar-refractivity contribution in [1.29, 1.82) is 0 Å². The highest BCUT2D eigenvalue weighted by Crippen LogP contribution is 2.20. The lowest BCUT2D eigenvalue weighted by atomic mass is 10.2. The summed E-state index contributed by atoms with van der Waals surface area (Å²) in [7, 11) is 0. The molecule has 2 rings (SSSR count). The number of nitrogens with one attached hydrogen (secondary N) is 1. The van der Waals surface area contributed by atoms with Crippen molar-refractivity contribution in [2.45, 2.75) is 0 Å². The Bertz CT molecular complexity index is 647. The molecule has 19 heavy (non-hydrogen) atoms. The molecule has 0 aliphatic rings. The molecular formula is C12H10N2O5. The van der Waals surface area contributed by atoms with Gasteiger partial charge < -0.3 is 14.3 Å². The molecule has 1 aromatic heterocycles. The third-order valence-electron chi connectivity index (χ3n) is 2.18. The van der Waals surface area contributed by atoms with E-state index in [1.165, 1.54) is 24.3 Å². The third-order valence-corrected chi connectivity index (χ3v) is 2.18. The monoisotopic (exact) mass is 262 g/mol. The highest BCUT2D eigenvalue weighted by Gasteiger charge is 2.12. The summed E-state index contributed by atoms with van der Waals surface area (Å²) in [5, 5.41) is 11.1. The predicted octanol–water partition coefficient (Wildman–Crippen LogP) is 2.26. The van der Waals surface area contributed by atoms with E-state index in [-0.39, 0.29) is 18.2 Å². The Morgan fingerprint density at radius 1 is 1.53 bits per heavy atom. The number of carbonyl (C=O) groups excluding carboxylic acids is 1. The van der Waals surface area contributed by atoms with Crippen LogP contribution in [0.3, 0.4) is 0 Å². The summed E-state index contributed by atoms with van der Waals surface area (Å²) in [4.78, 5) is 26.0. The zero-order chi connectivity index (χ0) is 13.8. The van der Waals surface area contributed by atoms with Gasteiger partial charge >= 0.3 is 18.1 Å². The summed E-state index contributed by atoms with van der Waals surface area (Å²) in [6.45, 7) is 3.47. The fourth-order valence-electron chi connectivity index (χ4n) is 1.37. The van der Waals surface area contributed by atoms with Gasteiger partial charge in [0.15, 0.2) is 5.58 Å². The zero-order valence-electron chi connectivity index (χ0n) is 9.75. The highest BCUT2D eigenvalue weighted by atomic mass is 16.5. The van der Waals surface area contributed by atoms with Gasteiger partial charge in [-0.15, -0.1) is 0 Å². The van der Waals surface area contributed by atoms with Crippen molar-refractivity contribution in [2.24, 2.45) is 0 Å². The Labute approximate surface area is 107 Å². The van der Waals surface area contributed by atoms with Gasteiger partial charge in [0.05, 0.1) is 5.56 Å². The highest BCUT2D eigenvalue weighted by molar-refractivity contribution is 5.92. The van der Waals surface area contributed by atoms with Crippen molar-refractivity contribution in [1.82, 2.24) is 4.98 Å². The Morgan fingerprint density at radius 2 is 2.32 bits per heavy atom. The van der Waals surface area contributed by atoms with Crippen LogP contribution >= 0.6 is 0 Å². The van der Waals surface area contributed by atoms with Gasteiger partial charge in [-0.1, -0.05) is 12.7 Å². The molecule has 0 aliphatic heterocycles. The van der Waals surface area contributed by atoms with Crippen molar-refractivity contribution in [3.05, 3.63) is 36.4 Å². The van der Waals surface area contributed by atoms with Crippen molar-refractivity contribution < 1.29 is 23.8 Å². The topological polar surface area (TPSA) is 102 Å². The Morgan fingerprint density at radius 3 is 3.00 bits per heavy atom. The average molecular weight is 262 g/mol. The van der Waals surface area contributed by atoms with Crippen LogP contribution in [0.4, 0.5) is 10.8 Å². The molecular weight excluding hydrogens is 252 g/mol. The molecule has 0 saturated heterocycles. The zero-order valence-corrected chi connectivity index (χ0v) is 9.75. The van der Waals surface area contributed by atoms with Gasteiger partial charge in [-0.3, -0.25) is 0 Å². The van der Waals surface area contributed by atoms with Crippen molar-refractivity contribution in [3.8, 4) is 0 Å². The summed E-state index contributed by atoms with van der Waals surface area (Å²) in [5.41, 5.74) is 0.782. The second kappa shape index (κ2) is 5.21. The number of fused-ring (bicyclic) bond motifs is 1. The van der Waals surface area contributed by atoms with Crippen LogP contribution in [0.25, 0.3) is 11.1 Å². The number of ether oxygens (including phenoxy) is 1. The number of benzene rings is 1. The molecule has 7 heteroatoms. The van der Waals surface area contributed by atoms with Crippen LogP contribution in [0.5, 0.6) is 0 Å². The largest absolute Gasteiger partial charge is 0.478 e. The van der Waals surface area contributed by atoms with Crippen LogP contribution in [0.2, 0.25) is 0 Å². The van der Waals surface area contributed by atoms with Gasteiger partial charge in [-0.2, -0.15) is 4.98 Å². The van der Waals surface area contributed by atoms with Crippen LogP contribution < -0.4 is 5.32 Å². The van der Waals surface area contributed by atoms with Gasteiger partial charge in [-0.25, -0.2) is 14.9 Å². The molecule has 0 aliphatic carbocycles. The van der Waals surface area contributed by atoms with Gasteiger partial charge in [0.1, 0.15) is 12.1 Å². The smallest absolute Gasteiger partial charge is 0.415 e. The minimum atomic E-state index is -1.06. The third kappa shape index (κ3) is 2.89. The number of carbonyl (C=O) groups is 2. The number of carboxylic acids is 1. The number of oxazole rings is 1. The van der Waals surface area contributed by atoms with Crippen LogP contribution in [-0.4, -0.2) is 28.8 Å². The lowest BCUT2D eigenvalue weighted by Crippen LogP contribution is -2.13. The summed E-state index contributed by atoms with van der Waals surface area (Å²) in [5.74, 6) is -1.06. The lowest BCUT2D eigenvalue weighted by Gasteiger charge is -1.99. The van der Waals surface area contributed by atoms with Crippen LogP contribution in [0.15, 0.2) is 35.3 Å². The standard InChI is InChI=1S/C12H10N2O5/c1-2-5-18-12(17)14-11-13-8-6-7(10(15)16)3-4-9(8)19-11/h2-4,6H,1,5H2,(H,15,16)(H,13,14,17). The molecule has 0 atom stereocenters. The average Bonchev–Trinajstić information content (AvgIpc) is 2.77. The number of carboxylic acid groups (broad SMARTS) is 1. The number of hydrogen-bond acceptors (Lipinski definition) is 5. The van der Waals surface area contributed by atoms with Gasteiger partial charge in [0.2, 0.25) is 0 Å². The molecule has 0 radical (unpaired) electrons. The molecule has 1 heterocycles. The fourth-order valence-corrected chi connectivity index (χ4v) is 1.37.